The van der Waals surface area contributed by atoms with Gasteiger partial charge in [0.1, 0.15) is 5.75 Å². The molecule has 1 aromatic rings. The molecule has 0 radical (unpaired) electrons. The van der Waals surface area contributed by atoms with Crippen LogP contribution in [-0.4, -0.2) is 12.9 Å². The molecule has 0 fully saturated rings. The Morgan fingerprint density at radius 1 is 1.40 bits per heavy atom. The smallest absolute Gasteiger partial charge is 0.123 e. The summed E-state index contributed by atoms with van der Waals surface area (Å²) in [6.45, 7) is 4.33. The lowest BCUT2D eigenvalue weighted by Crippen LogP contribution is -2.13. The molecule has 0 aromatic heterocycles. The molecule has 1 atom stereocenters. The van der Waals surface area contributed by atoms with Crippen molar-refractivity contribution in [2.24, 2.45) is 5.73 Å². The van der Waals surface area contributed by atoms with Gasteiger partial charge in [-0.3, -0.25) is 0 Å². The normalized spacial score (nSPS) is 12.9. The van der Waals surface area contributed by atoms with Gasteiger partial charge in [0.15, 0.2) is 0 Å². The van der Waals surface area contributed by atoms with Crippen LogP contribution in [-0.2, 0) is 0 Å². The zero-order valence-electron chi connectivity index (χ0n) is 9.53. The Labute approximate surface area is 97.2 Å². The molecular weight excluding hydrogens is 206 g/mol. The fourth-order valence-electron chi connectivity index (χ4n) is 1.50. The van der Waals surface area contributed by atoms with Crippen LogP contribution in [0.25, 0.3) is 0 Å². The van der Waals surface area contributed by atoms with E-state index in [1.165, 1.54) is 5.56 Å². The van der Waals surface area contributed by atoms with E-state index in [1.54, 1.807) is 7.11 Å². The molecule has 0 heterocycles. The molecule has 0 spiro atoms. The van der Waals surface area contributed by atoms with Crippen molar-refractivity contribution in [1.82, 2.24) is 0 Å². The predicted octanol–water partition coefficient (Wildman–Crippen LogP) is 2.75. The van der Waals surface area contributed by atoms with Crippen molar-refractivity contribution in [3.63, 3.8) is 0 Å². The molecule has 2 N–H and O–H groups in total. The molecule has 0 aliphatic carbocycles. The average Bonchev–Trinajstić information content (AvgIpc) is 2.27. The van der Waals surface area contributed by atoms with Crippen LogP contribution in [0, 0.1) is 0 Å². The Morgan fingerprint density at radius 2 is 2.07 bits per heavy atom. The van der Waals surface area contributed by atoms with Crippen LogP contribution in [0.3, 0.4) is 0 Å². The third-order valence-electron chi connectivity index (χ3n) is 2.52. The summed E-state index contributed by atoms with van der Waals surface area (Å²) in [5, 5.41) is 0. The molecule has 1 aromatic carbocycles. The quantitative estimate of drug-likeness (QED) is 0.773. The maximum atomic E-state index is 5.98. The van der Waals surface area contributed by atoms with E-state index >= 15 is 0 Å². The number of nitrogens with two attached hydrogens (primary N) is 1. The van der Waals surface area contributed by atoms with E-state index in [-0.39, 0.29) is 6.04 Å². The predicted molar refractivity (Wildman–Crippen MR) is 67.9 cm³/mol. The van der Waals surface area contributed by atoms with Crippen LogP contribution >= 0.6 is 12.6 Å². The van der Waals surface area contributed by atoms with E-state index in [9.17, 15) is 0 Å². The van der Waals surface area contributed by atoms with Gasteiger partial charge in [0.25, 0.3) is 0 Å². The number of ether oxygens (including phenoxy) is 1. The molecule has 2 nitrogen and oxygen atoms in total. The highest BCUT2D eigenvalue weighted by molar-refractivity contribution is 7.80. The second-order valence-corrected chi connectivity index (χ2v) is 4.31. The fraction of sp³-hybridized carbons (Fsp3) is 0.500. The Hall–Kier alpha value is -0.670. The van der Waals surface area contributed by atoms with Crippen molar-refractivity contribution in [1.29, 1.82) is 0 Å². The second kappa shape index (κ2) is 5.42. The lowest BCUT2D eigenvalue weighted by Gasteiger charge is -2.16. The molecule has 0 aliphatic heterocycles. The number of rotatable bonds is 4. The summed E-state index contributed by atoms with van der Waals surface area (Å²) >= 11 is 4.22. The van der Waals surface area contributed by atoms with E-state index < -0.39 is 0 Å². The molecule has 0 bridgehead atoms. The molecule has 3 heteroatoms. The summed E-state index contributed by atoms with van der Waals surface area (Å²) in [7, 11) is 1.67. The minimum Gasteiger partial charge on any atom is -0.496 e. The Kier molecular flexibility index (Phi) is 4.48. The molecule has 15 heavy (non-hydrogen) atoms. The summed E-state index contributed by atoms with van der Waals surface area (Å²) in [5.41, 5.74) is 8.30. The van der Waals surface area contributed by atoms with Gasteiger partial charge < -0.3 is 10.5 Å². The van der Waals surface area contributed by atoms with E-state index in [4.69, 9.17) is 10.5 Å². The van der Waals surface area contributed by atoms with Crippen LogP contribution in [0.4, 0.5) is 0 Å². The van der Waals surface area contributed by atoms with Crippen molar-refractivity contribution in [3.05, 3.63) is 29.3 Å². The molecule has 0 amide bonds. The third kappa shape index (κ3) is 2.89. The van der Waals surface area contributed by atoms with Gasteiger partial charge in [-0.2, -0.15) is 12.6 Å². The van der Waals surface area contributed by atoms with Crippen molar-refractivity contribution < 1.29 is 4.74 Å². The first-order chi connectivity index (χ1) is 7.10. The highest BCUT2D eigenvalue weighted by Crippen LogP contribution is 2.28. The van der Waals surface area contributed by atoms with Crippen molar-refractivity contribution in [2.75, 3.05) is 12.9 Å². The van der Waals surface area contributed by atoms with Gasteiger partial charge in [-0.15, -0.1) is 0 Å². The Balaban J connectivity index is 3.13. The number of hydrogen-bond donors (Lipinski definition) is 2. The number of benzene rings is 1. The van der Waals surface area contributed by atoms with Crippen LogP contribution in [0.5, 0.6) is 5.75 Å². The maximum absolute atomic E-state index is 5.98. The van der Waals surface area contributed by atoms with Gasteiger partial charge in [-0.1, -0.05) is 26.0 Å². The first kappa shape index (κ1) is 12.4. The summed E-state index contributed by atoms with van der Waals surface area (Å²) in [5.74, 6) is 1.97. The topological polar surface area (TPSA) is 35.2 Å². The monoisotopic (exact) mass is 225 g/mol. The molecule has 0 saturated carbocycles. The number of methoxy groups -OCH3 is 1. The van der Waals surface area contributed by atoms with Crippen molar-refractivity contribution in [3.8, 4) is 5.75 Å². The minimum absolute atomic E-state index is 0.0676. The molecule has 0 saturated heterocycles. The zero-order chi connectivity index (χ0) is 11.4. The molecule has 0 aliphatic rings. The average molecular weight is 225 g/mol. The van der Waals surface area contributed by atoms with Crippen LogP contribution in [0.15, 0.2) is 18.2 Å². The van der Waals surface area contributed by atoms with E-state index in [0.717, 1.165) is 11.3 Å². The second-order valence-electron chi connectivity index (χ2n) is 3.95. The first-order valence-electron chi connectivity index (χ1n) is 5.14. The van der Waals surface area contributed by atoms with Crippen LogP contribution < -0.4 is 10.5 Å². The van der Waals surface area contributed by atoms with Crippen LogP contribution in [0.1, 0.15) is 36.9 Å². The lowest BCUT2D eigenvalue weighted by molar-refractivity contribution is 0.407. The van der Waals surface area contributed by atoms with Crippen molar-refractivity contribution >= 4 is 12.6 Å². The number of hydrogen-bond acceptors (Lipinski definition) is 3. The van der Waals surface area contributed by atoms with Gasteiger partial charge in [-0.05, 0) is 17.5 Å². The summed E-state index contributed by atoms with van der Waals surface area (Å²) in [6.07, 6.45) is 0. The standard InChI is InChI=1S/C12H19NOS/c1-8(2)9-4-5-12(14-3)10(6-9)11(13)7-15/h4-6,8,11,15H,7,13H2,1-3H3. The summed E-state index contributed by atoms with van der Waals surface area (Å²) < 4.78 is 5.29. The molecule has 1 rings (SSSR count). The largest absolute Gasteiger partial charge is 0.496 e. The van der Waals surface area contributed by atoms with Gasteiger partial charge >= 0.3 is 0 Å². The Morgan fingerprint density at radius 3 is 2.53 bits per heavy atom. The van der Waals surface area contributed by atoms with Gasteiger partial charge in [-0.25, -0.2) is 0 Å². The highest BCUT2D eigenvalue weighted by Gasteiger charge is 2.12. The molecular formula is C12H19NOS. The van der Waals surface area contributed by atoms with Gasteiger partial charge in [0, 0.05) is 17.4 Å². The SMILES string of the molecule is COc1ccc(C(C)C)cc1C(N)CS. The lowest BCUT2D eigenvalue weighted by atomic mass is 9.97. The third-order valence-corrected chi connectivity index (χ3v) is 2.91. The number of thiol groups is 1. The first-order valence-corrected chi connectivity index (χ1v) is 5.77. The van der Waals surface area contributed by atoms with Gasteiger partial charge in [0.2, 0.25) is 0 Å². The highest BCUT2D eigenvalue weighted by atomic mass is 32.1. The molecule has 84 valence electrons. The fourth-order valence-corrected chi connectivity index (χ4v) is 1.70. The van der Waals surface area contributed by atoms with Crippen molar-refractivity contribution in [2.45, 2.75) is 25.8 Å². The van der Waals surface area contributed by atoms with Crippen LogP contribution in [0.2, 0.25) is 0 Å². The summed E-state index contributed by atoms with van der Waals surface area (Å²) in [4.78, 5) is 0. The molecule has 1 unspecified atom stereocenters. The van der Waals surface area contributed by atoms with Gasteiger partial charge in [0.05, 0.1) is 7.11 Å². The zero-order valence-corrected chi connectivity index (χ0v) is 10.4. The van der Waals surface area contributed by atoms with E-state index in [0.29, 0.717) is 11.7 Å². The summed E-state index contributed by atoms with van der Waals surface area (Å²) in [6, 6.07) is 6.11. The minimum atomic E-state index is -0.0676. The maximum Gasteiger partial charge on any atom is 0.123 e. The van der Waals surface area contributed by atoms with E-state index in [2.05, 4.69) is 38.6 Å². The Bertz CT molecular complexity index is 325. The van der Waals surface area contributed by atoms with E-state index in [1.807, 2.05) is 6.07 Å².